The molecule has 8 nitrogen and oxygen atoms in total. The fourth-order valence-electron chi connectivity index (χ4n) is 3.50. The molecule has 2 N–H and O–H groups in total. The minimum atomic E-state index is -0.874. The first-order chi connectivity index (χ1) is 12.5. The summed E-state index contributed by atoms with van der Waals surface area (Å²) in [5.41, 5.74) is 3.52. The number of nitrogens with zero attached hydrogens (tertiary/aromatic N) is 4. The summed E-state index contributed by atoms with van der Waals surface area (Å²) in [5, 5.41) is 11.9. The Hall–Kier alpha value is -3.16. The van der Waals surface area contributed by atoms with E-state index in [1.54, 1.807) is 0 Å². The van der Waals surface area contributed by atoms with E-state index in [2.05, 4.69) is 20.2 Å². The summed E-state index contributed by atoms with van der Waals surface area (Å²) >= 11 is 0. The number of hydrogen-bond acceptors (Lipinski definition) is 5. The van der Waals surface area contributed by atoms with E-state index >= 15 is 0 Å². The number of amides is 2. The van der Waals surface area contributed by atoms with Crippen molar-refractivity contribution in [3.8, 4) is 11.3 Å². The smallest absolute Gasteiger partial charge is 0.407 e. The van der Waals surface area contributed by atoms with Gasteiger partial charge in [-0.15, -0.1) is 0 Å². The summed E-state index contributed by atoms with van der Waals surface area (Å²) in [6, 6.07) is 7.97. The van der Waals surface area contributed by atoms with Crippen LogP contribution in [0.2, 0.25) is 0 Å². The Balaban J connectivity index is 1.63. The molecule has 0 bridgehead atoms. The van der Waals surface area contributed by atoms with Gasteiger partial charge in [0, 0.05) is 43.0 Å². The van der Waals surface area contributed by atoms with Crippen LogP contribution < -0.4 is 10.2 Å². The van der Waals surface area contributed by atoms with Gasteiger partial charge in [-0.1, -0.05) is 12.1 Å². The van der Waals surface area contributed by atoms with E-state index in [1.165, 1.54) is 11.2 Å². The maximum atomic E-state index is 12.0. The SMILES string of the molecule is CC1C(=O)Nc2ncnc(-c3cccc(N4CCN(C(=O)O)CC4)c3)c21. The Kier molecular flexibility index (Phi) is 3.95. The lowest BCUT2D eigenvalue weighted by Crippen LogP contribution is -2.48. The fraction of sp³-hybridized carbons (Fsp3) is 0.333. The summed E-state index contributed by atoms with van der Waals surface area (Å²) in [5.74, 6) is 0.222. The van der Waals surface area contributed by atoms with Crippen molar-refractivity contribution >= 4 is 23.5 Å². The van der Waals surface area contributed by atoms with Gasteiger partial charge >= 0.3 is 6.09 Å². The third-order valence-corrected chi connectivity index (χ3v) is 4.99. The predicted molar refractivity (Wildman–Crippen MR) is 96.3 cm³/mol. The normalized spacial score (nSPS) is 19.3. The summed E-state index contributed by atoms with van der Waals surface area (Å²) in [6.07, 6.45) is 0.589. The molecule has 1 atom stereocenters. The predicted octanol–water partition coefficient (Wildman–Crippen LogP) is 2.00. The van der Waals surface area contributed by atoms with Crippen LogP contribution in [-0.4, -0.2) is 58.2 Å². The van der Waals surface area contributed by atoms with Gasteiger partial charge in [-0.2, -0.15) is 0 Å². The highest BCUT2D eigenvalue weighted by Crippen LogP contribution is 2.37. The van der Waals surface area contributed by atoms with Crippen LogP contribution in [0, 0.1) is 0 Å². The largest absolute Gasteiger partial charge is 0.465 e. The number of anilines is 2. The van der Waals surface area contributed by atoms with Crippen molar-refractivity contribution in [3.63, 3.8) is 0 Å². The highest BCUT2D eigenvalue weighted by molar-refractivity contribution is 6.03. The lowest BCUT2D eigenvalue weighted by Gasteiger charge is -2.34. The first-order valence-corrected chi connectivity index (χ1v) is 8.53. The third-order valence-electron chi connectivity index (χ3n) is 4.99. The summed E-state index contributed by atoms with van der Waals surface area (Å²) in [6.45, 7) is 4.11. The Morgan fingerprint density at radius 3 is 2.73 bits per heavy atom. The molecule has 0 aliphatic carbocycles. The quantitative estimate of drug-likeness (QED) is 0.857. The van der Waals surface area contributed by atoms with Gasteiger partial charge in [0.1, 0.15) is 12.1 Å². The molecule has 1 saturated heterocycles. The molecule has 134 valence electrons. The molecule has 4 rings (SSSR count). The average molecular weight is 353 g/mol. The first kappa shape index (κ1) is 16.3. The topological polar surface area (TPSA) is 98.7 Å². The van der Waals surface area contributed by atoms with Crippen LogP contribution in [0.15, 0.2) is 30.6 Å². The maximum absolute atomic E-state index is 12.0. The number of benzene rings is 1. The van der Waals surface area contributed by atoms with Crippen molar-refractivity contribution in [3.05, 3.63) is 36.2 Å². The second kappa shape index (κ2) is 6.29. The van der Waals surface area contributed by atoms with Crippen LogP contribution in [-0.2, 0) is 4.79 Å². The van der Waals surface area contributed by atoms with E-state index in [0.717, 1.165) is 22.5 Å². The molecule has 2 amide bonds. The van der Waals surface area contributed by atoms with E-state index in [1.807, 2.05) is 31.2 Å². The molecule has 1 aromatic carbocycles. The number of hydrogen-bond donors (Lipinski definition) is 2. The zero-order valence-electron chi connectivity index (χ0n) is 14.3. The number of fused-ring (bicyclic) bond motifs is 1. The van der Waals surface area contributed by atoms with Crippen molar-refractivity contribution in [2.75, 3.05) is 36.4 Å². The molecule has 0 radical (unpaired) electrons. The van der Waals surface area contributed by atoms with Gasteiger partial charge in [0.15, 0.2) is 0 Å². The van der Waals surface area contributed by atoms with Gasteiger partial charge in [-0.25, -0.2) is 14.8 Å². The second-order valence-electron chi connectivity index (χ2n) is 6.50. The molecule has 1 unspecified atom stereocenters. The van der Waals surface area contributed by atoms with E-state index in [9.17, 15) is 9.59 Å². The zero-order chi connectivity index (χ0) is 18.3. The standard InChI is InChI=1S/C18H19N5O3/c1-11-14-15(19-10-20-16(14)21-17(11)24)12-3-2-4-13(9-12)22-5-7-23(8-6-22)18(25)26/h2-4,9-11H,5-8H2,1H3,(H,25,26)(H,19,20,21,24). The lowest BCUT2D eigenvalue weighted by molar-refractivity contribution is -0.116. The lowest BCUT2D eigenvalue weighted by atomic mass is 9.98. The summed E-state index contributed by atoms with van der Waals surface area (Å²) in [7, 11) is 0. The zero-order valence-corrected chi connectivity index (χ0v) is 14.3. The highest BCUT2D eigenvalue weighted by Gasteiger charge is 2.31. The van der Waals surface area contributed by atoms with Gasteiger partial charge in [0.05, 0.1) is 11.6 Å². The number of carbonyl (C=O) groups excluding carboxylic acids is 1. The molecule has 2 aliphatic rings. The molecule has 1 aromatic heterocycles. The third kappa shape index (κ3) is 2.73. The van der Waals surface area contributed by atoms with Crippen LogP contribution in [0.25, 0.3) is 11.3 Å². The highest BCUT2D eigenvalue weighted by atomic mass is 16.4. The van der Waals surface area contributed by atoms with Crippen molar-refractivity contribution in [1.82, 2.24) is 14.9 Å². The Labute approximate surface area is 150 Å². The fourth-order valence-corrected chi connectivity index (χ4v) is 3.50. The monoisotopic (exact) mass is 353 g/mol. The van der Waals surface area contributed by atoms with Crippen LogP contribution in [0.5, 0.6) is 0 Å². The van der Waals surface area contributed by atoms with Crippen molar-refractivity contribution in [2.24, 2.45) is 0 Å². The second-order valence-corrected chi connectivity index (χ2v) is 6.50. The Morgan fingerprint density at radius 1 is 1.23 bits per heavy atom. The Morgan fingerprint density at radius 2 is 2.00 bits per heavy atom. The van der Waals surface area contributed by atoms with Gasteiger partial charge in [0.2, 0.25) is 5.91 Å². The molecule has 8 heteroatoms. The number of aromatic nitrogens is 2. The van der Waals surface area contributed by atoms with Crippen LogP contribution in [0.3, 0.4) is 0 Å². The average Bonchev–Trinajstić information content (AvgIpc) is 2.96. The molecular weight excluding hydrogens is 334 g/mol. The number of carboxylic acid groups (broad SMARTS) is 1. The maximum Gasteiger partial charge on any atom is 0.407 e. The molecule has 2 aromatic rings. The number of carbonyl (C=O) groups is 2. The van der Waals surface area contributed by atoms with Gasteiger partial charge in [0.25, 0.3) is 0 Å². The van der Waals surface area contributed by atoms with Crippen LogP contribution >= 0.6 is 0 Å². The molecule has 1 fully saturated rings. The van der Waals surface area contributed by atoms with Gasteiger partial charge in [-0.05, 0) is 19.1 Å². The minimum Gasteiger partial charge on any atom is -0.465 e. The number of nitrogens with one attached hydrogen (secondary N) is 1. The number of piperazine rings is 1. The van der Waals surface area contributed by atoms with Gasteiger partial charge in [-0.3, -0.25) is 4.79 Å². The van der Waals surface area contributed by atoms with Crippen LogP contribution in [0.1, 0.15) is 18.4 Å². The number of rotatable bonds is 2. The molecule has 2 aliphatic heterocycles. The van der Waals surface area contributed by atoms with E-state index in [-0.39, 0.29) is 11.8 Å². The van der Waals surface area contributed by atoms with E-state index in [4.69, 9.17) is 5.11 Å². The van der Waals surface area contributed by atoms with Crippen LogP contribution in [0.4, 0.5) is 16.3 Å². The molecule has 3 heterocycles. The molecule has 26 heavy (non-hydrogen) atoms. The minimum absolute atomic E-state index is 0.0669. The first-order valence-electron chi connectivity index (χ1n) is 8.53. The summed E-state index contributed by atoms with van der Waals surface area (Å²) < 4.78 is 0. The van der Waals surface area contributed by atoms with Crippen molar-refractivity contribution < 1.29 is 14.7 Å². The van der Waals surface area contributed by atoms with Gasteiger partial charge < -0.3 is 20.2 Å². The molecule has 0 spiro atoms. The van der Waals surface area contributed by atoms with E-state index in [0.29, 0.717) is 32.0 Å². The molecular formula is C18H19N5O3. The van der Waals surface area contributed by atoms with E-state index < -0.39 is 6.09 Å². The molecule has 0 saturated carbocycles. The Bertz CT molecular complexity index is 877. The van der Waals surface area contributed by atoms with Crippen molar-refractivity contribution in [1.29, 1.82) is 0 Å². The summed E-state index contributed by atoms with van der Waals surface area (Å²) in [4.78, 5) is 35.2. The van der Waals surface area contributed by atoms with Crippen molar-refractivity contribution in [2.45, 2.75) is 12.8 Å².